The van der Waals surface area contributed by atoms with E-state index in [1.807, 2.05) is 53.9 Å². The highest BCUT2D eigenvalue weighted by molar-refractivity contribution is 6.30. The zero-order valence-electron chi connectivity index (χ0n) is 20.3. The number of nitrogens with zero attached hydrogens (tertiary/aromatic N) is 6. The molecule has 0 radical (unpaired) electrons. The Morgan fingerprint density at radius 1 is 1.15 bits per heavy atom. The van der Waals surface area contributed by atoms with E-state index in [0.29, 0.717) is 43.0 Å². The minimum Gasteiger partial charge on any atom is -0.352 e. The van der Waals surface area contributed by atoms with E-state index in [1.54, 1.807) is 0 Å². The highest BCUT2D eigenvalue weighted by atomic mass is 35.5. The third kappa shape index (κ3) is 5.15. The van der Waals surface area contributed by atoms with E-state index in [4.69, 9.17) is 33.2 Å². The second kappa shape index (κ2) is 10.1. The number of benzene rings is 1. The summed E-state index contributed by atoms with van der Waals surface area (Å²) in [5, 5.41) is 6.18. The molecule has 1 aliphatic heterocycles. The van der Waals surface area contributed by atoms with Crippen LogP contribution in [0.1, 0.15) is 39.9 Å². The third-order valence-electron chi connectivity index (χ3n) is 6.23. The first-order valence-electron chi connectivity index (χ1n) is 11.8. The summed E-state index contributed by atoms with van der Waals surface area (Å²) in [7, 11) is 0. The van der Waals surface area contributed by atoms with Crippen molar-refractivity contribution in [3.63, 3.8) is 0 Å². The van der Waals surface area contributed by atoms with Crippen molar-refractivity contribution in [1.29, 1.82) is 0 Å². The number of piperazine rings is 1. The van der Waals surface area contributed by atoms with E-state index in [2.05, 4.69) is 23.8 Å². The van der Waals surface area contributed by atoms with Crippen molar-refractivity contribution in [1.82, 2.24) is 24.6 Å². The average molecular weight is 503 g/mol. The molecule has 0 atom stereocenters. The van der Waals surface area contributed by atoms with Crippen LogP contribution in [0.4, 0.5) is 5.82 Å². The Morgan fingerprint density at radius 2 is 1.88 bits per heavy atom. The average Bonchev–Trinajstić information content (AvgIpc) is 3.26. The predicted molar refractivity (Wildman–Crippen MR) is 138 cm³/mol. The highest BCUT2D eigenvalue weighted by Gasteiger charge is 2.33. The fourth-order valence-corrected chi connectivity index (χ4v) is 4.41. The second-order valence-electron chi connectivity index (χ2n) is 9.97. The van der Waals surface area contributed by atoms with Crippen LogP contribution >= 0.6 is 23.2 Å². The van der Waals surface area contributed by atoms with Crippen LogP contribution < -0.4 is 4.90 Å². The van der Waals surface area contributed by atoms with Gasteiger partial charge in [-0.15, -0.1) is 11.6 Å². The molecule has 0 spiro atoms. The van der Waals surface area contributed by atoms with Crippen LogP contribution in [-0.2, 0) is 11.2 Å². The van der Waals surface area contributed by atoms with Gasteiger partial charge < -0.3 is 9.80 Å². The van der Waals surface area contributed by atoms with Crippen molar-refractivity contribution in [2.75, 3.05) is 37.0 Å². The lowest BCUT2D eigenvalue weighted by Gasteiger charge is -2.38. The smallest absolute Gasteiger partial charge is 0.229 e. The van der Waals surface area contributed by atoms with Gasteiger partial charge in [0, 0.05) is 43.5 Å². The number of halogens is 2. The van der Waals surface area contributed by atoms with Crippen molar-refractivity contribution in [2.45, 2.75) is 40.5 Å². The Hall–Kier alpha value is -2.38. The molecule has 0 saturated carbocycles. The van der Waals surface area contributed by atoms with Gasteiger partial charge in [0.05, 0.1) is 22.7 Å². The number of aromatic nitrogens is 4. The Balaban J connectivity index is 1.67. The first-order chi connectivity index (χ1) is 16.2. The first-order valence-corrected chi connectivity index (χ1v) is 12.7. The second-order valence-corrected chi connectivity index (χ2v) is 10.7. The highest BCUT2D eigenvalue weighted by Crippen LogP contribution is 2.29. The van der Waals surface area contributed by atoms with Crippen LogP contribution in [-0.4, -0.2) is 62.6 Å². The Kier molecular flexibility index (Phi) is 7.33. The molecule has 1 aliphatic rings. The van der Waals surface area contributed by atoms with Gasteiger partial charge in [-0.25, -0.2) is 14.6 Å². The van der Waals surface area contributed by atoms with Crippen LogP contribution in [0, 0.1) is 11.3 Å². The standard InChI is InChI=1S/C25H32Cl2N6O/c1-17(2)8-9-21-29-22(31-10-12-32(13-11-31)24(34)25(3,4)16-26)20-15-28-33(23(20)30-21)19-7-5-6-18(27)14-19/h5-7,14-15,17H,8-13,16H2,1-4H3. The Bertz CT molecular complexity index is 1170. The summed E-state index contributed by atoms with van der Waals surface area (Å²) in [4.78, 5) is 26.9. The number of rotatable bonds is 7. The molecule has 9 heteroatoms. The lowest BCUT2D eigenvalue weighted by molar-refractivity contribution is -0.139. The topological polar surface area (TPSA) is 67.2 Å². The fraction of sp³-hybridized carbons (Fsp3) is 0.520. The molecule has 0 N–H and O–H groups in total. The van der Waals surface area contributed by atoms with Crippen molar-refractivity contribution >= 4 is 46.0 Å². The zero-order chi connectivity index (χ0) is 24.5. The van der Waals surface area contributed by atoms with Gasteiger partial charge in [-0.2, -0.15) is 5.10 Å². The van der Waals surface area contributed by atoms with Gasteiger partial charge in [0.2, 0.25) is 5.91 Å². The summed E-state index contributed by atoms with van der Waals surface area (Å²) < 4.78 is 1.83. The summed E-state index contributed by atoms with van der Waals surface area (Å²) in [5.74, 6) is 2.64. The maximum Gasteiger partial charge on any atom is 0.229 e. The van der Waals surface area contributed by atoms with Crippen molar-refractivity contribution in [3.05, 3.63) is 41.3 Å². The van der Waals surface area contributed by atoms with Gasteiger partial charge >= 0.3 is 0 Å². The lowest BCUT2D eigenvalue weighted by Crippen LogP contribution is -2.52. The molecule has 3 aromatic rings. The van der Waals surface area contributed by atoms with Crippen LogP contribution in [0.2, 0.25) is 5.02 Å². The maximum atomic E-state index is 12.9. The number of alkyl halides is 1. The molecule has 1 fully saturated rings. The third-order valence-corrected chi connectivity index (χ3v) is 7.14. The molecule has 1 aromatic carbocycles. The lowest BCUT2D eigenvalue weighted by atomic mass is 9.94. The molecule has 1 amide bonds. The number of aryl methyl sites for hydroxylation is 1. The number of hydrogen-bond donors (Lipinski definition) is 0. The van der Waals surface area contributed by atoms with Crippen molar-refractivity contribution < 1.29 is 4.79 Å². The van der Waals surface area contributed by atoms with Crippen LogP contribution in [0.15, 0.2) is 30.5 Å². The number of amides is 1. The number of carbonyl (C=O) groups excluding carboxylic acids is 1. The number of hydrogen-bond acceptors (Lipinski definition) is 5. The molecular weight excluding hydrogens is 471 g/mol. The molecule has 7 nitrogen and oxygen atoms in total. The summed E-state index contributed by atoms with van der Waals surface area (Å²) in [6.07, 6.45) is 3.63. The molecule has 3 heterocycles. The van der Waals surface area contributed by atoms with Crippen molar-refractivity contribution in [3.8, 4) is 5.69 Å². The summed E-state index contributed by atoms with van der Waals surface area (Å²) in [5.41, 5.74) is 1.07. The van der Waals surface area contributed by atoms with E-state index in [9.17, 15) is 4.79 Å². The van der Waals surface area contributed by atoms with Crippen LogP contribution in [0.5, 0.6) is 0 Å². The summed E-state index contributed by atoms with van der Waals surface area (Å²) >= 11 is 12.3. The molecule has 34 heavy (non-hydrogen) atoms. The quantitative estimate of drug-likeness (QED) is 0.426. The zero-order valence-corrected chi connectivity index (χ0v) is 21.8. The number of anilines is 1. The fourth-order valence-electron chi connectivity index (χ4n) is 4.11. The van der Waals surface area contributed by atoms with Gasteiger partial charge in [-0.3, -0.25) is 4.79 Å². The normalized spacial score (nSPS) is 14.9. The van der Waals surface area contributed by atoms with Gasteiger partial charge in [0.15, 0.2) is 5.65 Å². The van der Waals surface area contributed by atoms with Crippen LogP contribution in [0.25, 0.3) is 16.7 Å². The monoisotopic (exact) mass is 502 g/mol. The molecule has 0 aliphatic carbocycles. The van der Waals surface area contributed by atoms with Gasteiger partial charge in [0.25, 0.3) is 0 Å². The Labute approximate surface area is 211 Å². The summed E-state index contributed by atoms with van der Waals surface area (Å²) in [6.45, 7) is 10.9. The molecule has 182 valence electrons. The number of carbonyl (C=O) groups is 1. The van der Waals surface area contributed by atoms with E-state index in [-0.39, 0.29) is 5.91 Å². The van der Waals surface area contributed by atoms with Gasteiger partial charge in [0.1, 0.15) is 11.6 Å². The summed E-state index contributed by atoms with van der Waals surface area (Å²) in [6, 6.07) is 7.60. The van der Waals surface area contributed by atoms with Crippen molar-refractivity contribution in [2.24, 2.45) is 11.3 Å². The molecule has 1 saturated heterocycles. The minimum absolute atomic E-state index is 0.0985. The van der Waals surface area contributed by atoms with E-state index in [1.165, 1.54) is 0 Å². The molecular formula is C25H32Cl2N6O. The van der Waals surface area contributed by atoms with Gasteiger partial charge in [-0.1, -0.05) is 31.5 Å². The van der Waals surface area contributed by atoms with Gasteiger partial charge in [-0.05, 0) is 44.4 Å². The molecule has 0 unspecified atom stereocenters. The predicted octanol–water partition coefficient (Wildman–Crippen LogP) is 4.97. The van der Waals surface area contributed by atoms with E-state index >= 15 is 0 Å². The molecule has 0 bridgehead atoms. The number of fused-ring (bicyclic) bond motifs is 1. The SMILES string of the molecule is CC(C)CCc1nc(N2CCN(C(=O)C(C)(C)CCl)CC2)c2cnn(-c3cccc(Cl)c3)c2n1. The molecule has 2 aromatic heterocycles. The van der Waals surface area contributed by atoms with Crippen LogP contribution in [0.3, 0.4) is 0 Å². The maximum absolute atomic E-state index is 12.9. The first kappa shape index (κ1) is 24.7. The Morgan fingerprint density at radius 3 is 2.53 bits per heavy atom. The molecule has 4 rings (SSSR count). The van der Waals surface area contributed by atoms with E-state index < -0.39 is 5.41 Å². The minimum atomic E-state index is -0.561. The van der Waals surface area contributed by atoms with E-state index in [0.717, 1.165) is 41.2 Å². The largest absolute Gasteiger partial charge is 0.352 e.